The third-order valence-electron chi connectivity index (χ3n) is 5.88. The van der Waals surface area contributed by atoms with Gasteiger partial charge in [0.1, 0.15) is 41.3 Å². The summed E-state index contributed by atoms with van der Waals surface area (Å²) in [7, 11) is 1.56. The Morgan fingerprint density at radius 2 is 1.95 bits per heavy atom. The first-order valence-electron chi connectivity index (χ1n) is 12.0. The molecule has 4 rings (SSSR count). The Balaban J connectivity index is 1.56. The Kier molecular flexibility index (Phi) is 7.42. The van der Waals surface area contributed by atoms with Crippen LogP contribution < -0.4 is 14.8 Å². The molecule has 12 heteroatoms. The quantitative estimate of drug-likeness (QED) is 0.469. The number of alkyl carbamates (subject to hydrolysis) is 1. The first-order valence-corrected chi connectivity index (χ1v) is 12.0. The van der Waals surface area contributed by atoms with Crippen LogP contribution in [0.2, 0.25) is 0 Å². The largest absolute Gasteiger partial charge is 0.496 e. The van der Waals surface area contributed by atoms with Gasteiger partial charge in [-0.15, -0.1) is 0 Å². The summed E-state index contributed by atoms with van der Waals surface area (Å²) in [5.74, 6) is -0.821. The molecular weight excluding hydrogens is 496 g/mol. The van der Waals surface area contributed by atoms with Gasteiger partial charge in [0.15, 0.2) is 5.75 Å². The Labute approximate surface area is 218 Å². The lowest BCUT2D eigenvalue weighted by Gasteiger charge is -2.23. The van der Waals surface area contributed by atoms with E-state index in [2.05, 4.69) is 15.5 Å². The molecule has 1 fully saturated rings. The second-order valence-corrected chi connectivity index (χ2v) is 9.88. The van der Waals surface area contributed by atoms with E-state index in [0.29, 0.717) is 34.0 Å². The first-order chi connectivity index (χ1) is 18.0. The van der Waals surface area contributed by atoms with Crippen molar-refractivity contribution in [1.29, 1.82) is 0 Å². The number of hydrogen-bond donors (Lipinski definition) is 2. The van der Waals surface area contributed by atoms with Crippen LogP contribution in [0.15, 0.2) is 34.9 Å². The molecule has 1 saturated heterocycles. The van der Waals surface area contributed by atoms with Crippen LogP contribution in [0.1, 0.15) is 32.9 Å². The number of carboxylic acids is 1. The highest BCUT2D eigenvalue weighted by molar-refractivity contribution is 5.88. The topological polar surface area (TPSA) is 153 Å². The van der Waals surface area contributed by atoms with Crippen LogP contribution in [0.25, 0.3) is 22.4 Å². The van der Waals surface area contributed by atoms with Gasteiger partial charge in [0.2, 0.25) is 11.5 Å². The molecule has 1 aliphatic heterocycles. The maximum Gasteiger partial charge on any atom is 0.408 e. The summed E-state index contributed by atoms with van der Waals surface area (Å²) in [4.78, 5) is 42.6. The number of nitrogens with zero attached hydrogens (tertiary/aromatic N) is 3. The second kappa shape index (κ2) is 10.6. The molecule has 1 aromatic carbocycles. The lowest BCUT2D eigenvalue weighted by Crippen LogP contribution is -2.46. The smallest absolute Gasteiger partial charge is 0.408 e. The van der Waals surface area contributed by atoms with E-state index in [1.807, 2.05) is 24.3 Å². The van der Waals surface area contributed by atoms with Crippen LogP contribution in [0, 0.1) is 6.92 Å². The summed E-state index contributed by atoms with van der Waals surface area (Å²) in [6, 6.07) is 7.91. The van der Waals surface area contributed by atoms with Gasteiger partial charge in [0.25, 0.3) is 0 Å². The first kappa shape index (κ1) is 26.7. The molecule has 12 nitrogen and oxygen atoms in total. The van der Waals surface area contributed by atoms with E-state index in [1.54, 1.807) is 40.9 Å². The number of carbonyl (C=O) groups excluding carboxylic acids is 2. The number of carbonyl (C=O) groups is 3. The molecule has 1 unspecified atom stereocenters. The number of para-hydroxylation sites is 1. The number of rotatable bonds is 7. The van der Waals surface area contributed by atoms with Crippen LogP contribution in [0.4, 0.5) is 4.79 Å². The third-order valence-corrected chi connectivity index (χ3v) is 5.88. The van der Waals surface area contributed by atoms with E-state index < -0.39 is 42.3 Å². The third kappa shape index (κ3) is 5.79. The molecule has 0 bridgehead atoms. The van der Waals surface area contributed by atoms with E-state index >= 15 is 0 Å². The molecular formula is C26H30N4O8. The molecule has 2 atom stereocenters. The number of benzene rings is 1. The number of hydrogen-bond acceptors (Lipinski definition) is 9. The molecule has 0 radical (unpaired) electrons. The zero-order valence-electron chi connectivity index (χ0n) is 21.8. The average molecular weight is 527 g/mol. The van der Waals surface area contributed by atoms with Crippen LogP contribution in [0.5, 0.6) is 11.5 Å². The number of pyridine rings is 1. The van der Waals surface area contributed by atoms with Crippen LogP contribution >= 0.6 is 0 Å². The minimum absolute atomic E-state index is 0.00722. The van der Waals surface area contributed by atoms with Crippen molar-refractivity contribution < 1.29 is 38.2 Å². The zero-order chi connectivity index (χ0) is 27.6. The number of aryl methyl sites for hydroxylation is 1. The van der Waals surface area contributed by atoms with Gasteiger partial charge >= 0.3 is 12.1 Å². The Bertz CT molecular complexity index is 1360. The number of amides is 2. The number of nitrogens with one attached hydrogen (secondary N) is 1. The van der Waals surface area contributed by atoms with Gasteiger partial charge in [-0.2, -0.15) is 0 Å². The number of carboxylic acid groups (broad SMARTS) is 1. The van der Waals surface area contributed by atoms with Crippen molar-refractivity contribution in [3.63, 3.8) is 0 Å². The highest BCUT2D eigenvalue weighted by Crippen LogP contribution is 2.36. The number of fused-ring (bicyclic) bond motifs is 1. The highest BCUT2D eigenvalue weighted by Gasteiger charge is 2.41. The van der Waals surface area contributed by atoms with Crippen molar-refractivity contribution in [3.8, 4) is 22.8 Å². The van der Waals surface area contributed by atoms with Crippen molar-refractivity contribution in [2.24, 2.45) is 0 Å². The minimum Gasteiger partial charge on any atom is -0.496 e. The summed E-state index contributed by atoms with van der Waals surface area (Å²) in [6.07, 6.45) is -1.40. The summed E-state index contributed by atoms with van der Waals surface area (Å²) >= 11 is 0. The summed E-state index contributed by atoms with van der Waals surface area (Å²) in [5.41, 5.74) is 1.90. The molecule has 0 aliphatic carbocycles. The Hall–Kier alpha value is -4.35. The van der Waals surface area contributed by atoms with Crippen molar-refractivity contribution in [3.05, 3.63) is 36.0 Å². The number of aromatic nitrogens is 2. The SMILES string of the molecule is COc1ccccc1-c1cc(O[C@@H]2CC(C(=O)O)N(C(=O)CNC(=O)OC(C)(C)C)C2)c2onc(C)c2n1. The van der Waals surface area contributed by atoms with E-state index in [1.165, 1.54) is 4.90 Å². The van der Waals surface area contributed by atoms with Gasteiger partial charge in [-0.05, 0) is 39.8 Å². The van der Waals surface area contributed by atoms with E-state index in [-0.39, 0.29) is 13.0 Å². The lowest BCUT2D eigenvalue weighted by molar-refractivity contribution is -0.147. The summed E-state index contributed by atoms with van der Waals surface area (Å²) in [5, 5.41) is 16.1. The summed E-state index contributed by atoms with van der Waals surface area (Å²) in [6.45, 7) is 6.42. The Morgan fingerprint density at radius 1 is 1.21 bits per heavy atom. The van der Waals surface area contributed by atoms with Crippen molar-refractivity contribution in [2.75, 3.05) is 20.2 Å². The fourth-order valence-corrected chi connectivity index (χ4v) is 4.22. The predicted molar refractivity (Wildman–Crippen MR) is 135 cm³/mol. The fourth-order valence-electron chi connectivity index (χ4n) is 4.22. The van der Waals surface area contributed by atoms with Crippen molar-refractivity contribution in [2.45, 2.75) is 51.9 Å². The van der Waals surface area contributed by atoms with Gasteiger partial charge in [-0.3, -0.25) is 4.79 Å². The molecule has 1 aliphatic rings. The van der Waals surface area contributed by atoms with E-state index in [4.69, 9.17) is 18.7 Å². The monoisotopic (exact) mass is 526 g/mol. The second-order valence-electron chi connectivity index (χ2n) is 9.88. The highest BCUT2D eigenvalue weighted by atomic mass is 16.6. The predicted octanol–water partition coefficient (Wildman–Crippen LogP) is 3.16. The molecule has 0 spiro atoms. The number of ether oxygens (including phenoxy) is 3. The molecule has 2 aromatic heterocycles. The minimum atomic E-state index is -1.17. The summed E-state index contributed by atoms with van der Waals surface area (Å²) < 4.78 is 22.3. The lowest BCUT2D eigenvalue weighted by atomic mass is 10.1. The van der Waals surface area contributed by atoms with Crippen LogP contribution in [-0.4, -0.2) is 76.1 Å². The maximum atomic E-state index is 12.8. The number of methoxy groups -OCH3 is 1. The molecule has 202 valence electrons. The number of likely N-dealkylation sites (tertiary alicyclic amines) is 1. The Morgan fingerprint density at radius 3 is 2.63 bits per heavy atom. The molecule has 2 N–H and O–H groups in total. The van der Waals surface area contributed by atoms with Gasteiger partial charge in [-0.1, -0.05) is 17.3 Å². The van der Waals surface area contributed by atoms with Crippen molar-refractivity contribution >= 4 is 29.1 Å². The van der Waals surface area contributed by atoms with Gasteiger partial charge in [-0.25, -0.2) is 14.6 Å². The number of aliphatic carboxylic acids is 1. The molecule has 38 heavy (non-hydrogen) atoms. The molecule has 3 aromatic rings. The van der Waals surface area contributed by atoms with Crippen molar-refractivity contribution in [1.82, 2.24) is 20.4 Å². The average Bonchev–Trinajstić information content (AvgIpc) is 3.45. The van der Waals surface area contributed by atoms with Gasteiger partial charge in [0.05, 0.1) is 19.3 Å². The van der Waals surface area contributed by atoms with Gasteiger partial charge in [0, 0.05) is 18.1 Å². The van der Waals surface area contributed by atoms with Gasteiger partial charge < -0.3 is 34.1 Å². The van der Waals surface area contributed by atoms with Crippen LogP contribution in [0.3, 0.4) is 0 Å². The maximum absolute atomic E-state index is 12.8. The normalized spacial score (nSPS) is 17.3. The van der Waals surface area contributed by atoms with E-state index in [0.717, 1.165) is 5.56 Å². The van der Waals surface area contributed by atoms with E-state index in [9.17, 15) is 19.5 Å². The zero-order valence-corrected chi connectivity index (χ0v) is 21.8. The van der Waals surface area contributed by atoms with Crippen LogP contribution in [-0.2, 0) is 14.3 Å². The standard InChI is InChI=1S/C26H30N4O8/c1-14-22-23(38-29-14)20(11-17(28-22)16-8-6-7-9-19(16)35-5)36-15-10-18(24(32)33)30(13-15)21(31)12-27-25(34)37-26(2,3)4/h6-9,11,15,18H,10,12-13H2,1-5H3,(H,27,34)(H,32,33)/t15-,18?/m1/s1. The molecule has 0 saturated carbocycles. The fraction of sp³-hybridized carbons (Fsp3) is 0.423. The molecule has 2 amide bonds. The molecule has 3 heterocycles.